The van der Waals surface area contributed by atoms with Gasteiger partial charge in [-0.05, 0) is 25.2 Å². The summed E-state index contributed by atoms with van der Waals surface area (Å²) in [5, 5.41) is 18.3. The van der Waals surface area contributed by atoms with Crippen LogP contribution in [-0.2, 0) is 16.1 Å². The number of aromatic nitrogens is 1. The van der Waals surface area contributed by atoms with Crippen molar-refractivity contribution >= 4 is 39.7 Å². The van der Waals surface area contributed by atoms with Gasteiger partial charge in [0.2, 0.25) is 0 Å². The summed E-state index contributed by atoms with van der Waals surface area (Å²) in [5.41, 5.74) is 6.65. The van der Waals surface area contributed by atoms with Crippen LogP contribution in [0.3, 0.4) is 0 Å². The van der Waals surface area contributed by atoms with E-state index >= 15 is 0 Å². The van der Waals surface area contributed by atoms with Crippen LogP contribution in [0.5, 0.6) is 0 Å². The number of nitrogen functional groups attached to an aromatic ring is 1. The second-order valence-electron chi connectivity index (χ2n) is 4.81. The molecule has 0 aromatic carbocycles. The summed E-state index contributed by atoms with van der Waals surface area (Å²) in [6.45, 7) is 7.59. The van der Waals surface area contributed by atoms with Crippen molar-refractivity contribution < 1.29 is 19.8 Å². The predicted molar refractivity (Wildman–Crippen MR) is 101 cm³/mol. The Balaban J connectivity index is 0.000000333. The van der Waals surface area contributed by atoms with Gasteiger partial charge in [0.15, 0.2) is 5.13 Å². The number of rotatable bonds is 7. The van der Waals surface area contributed by atoms with E-state index in [1.807, 2.05) is 5.38 Å². The molecule has 2 rings (SSSR count). The lowest BCUT2D eigenvalue weighted by atomic mass is 10.3. The van der Waals surface area contributed by atoms with E-state index < -0.39 is 11.9 Å². The minimum absolute atomic E-state index is 0.558. The topological polar surface area (TPSA) is 117 Å². The zero-order chi connectivity index (χ0) is 18.8. The molecule has 0 saturated heterocycles. The molecule has 0 aliphatic heterocycles. The molecule has 0 spiro atoms. The van der Waals surface area contributed by atoms with Gasteiger partial charge in [0.05, 0.1) is 10.6 Å². The molecule has 25 heavy (non-hydrogen) atoms. The molecule has 0 atom stereocenters. The molecule has 4 N–H and O–H groups in total. The van der Waals surface area contributed by atoms with Gasteiger partial charge >= 0.3 is 11.9 Å². The van der Waals surface area contributed by atoms with Crippen molar-refractivity contribution in [2.45, 2.75) is 20.4 Å². The zero-order valence-electron chi connectivity index (χ0n) is 14.0. The summed E-state index contributed by atoms with van der Waals surface area (Å²) in [7, 11) is 0. The fourth-order valence-corrected chi connectivity index (χ4v) is 3.46. The third-order valence-electron chi connectivity index (χ3n) is 3.08. The van der Waals surface area contributed by atoms with Crippen molar-refractivity contribution in [2.75, 3.05) is 18.8 Å². The third-order valence-corrected chi connectivity index (χ3v) is 4.84. The van der Waals surface area contributed by atoms with Gasteiger partial charge in [-0.15, -0.1) is 22.7 Å². The molecule has 136 valence electrons. The number of carboxylic acid groups (broad SMARTS) is 2. The van der Waals surface area contributed by atoms with Crippen LogP contribution in [0.4, 0.5) is 5.13 Å². The number of thiophene rings is 1. The van der Waals surface area contributed by atoms with E-state index in [1.165, 1.54) is 21.1 Å². The molecule has 0 radical (unpaired) electrons. The third kappa shape index (κ3) is 7.92. The number of anilines is 1. The van der Waals surface area contributed by atoms with Crippen molar-refractivity contribution in [1.82, 2.24) is 9.88 Å². The van der Waals surface area contributed by atoms with Crippen LogP contribution < -0.4 is 5.73 Å². The monoisotopic (exact) mass is 383 g/mol. The van der Waals surface area contributed by atoms with E-state index in [1.54, 1.807) is 11.3 Å². The number of hydrogen-bond donors (Lipinski definition) is 3. The lowest BCUT2D eigenvalue weighted by molar-refractivity contribution is -0.134. The van der Waals surface area contributed by atoms with Gasteiger partial charge in [0.1, 0.15) is 0 Å². The van der Waals surface area contributed by atoms with Crippen molar-refractivity contribution in [3.8, 4) is 10.6 Å². The zero-order valence-corrected chi connectivity index (χ0v) is 15.6. The molecule has 7 nitrogen and oxygen atoms in total. The van der Waals surface area contributed by atoms with Crippen molar-refractivity contribution in [3.05, 3.63) is 34.5 Å². The van der Waals surface area contributed by atoms with Crippen molar-refractivity contribution in [3.63, 3.8) is 0 Å². The molecule has 0 fully saturated rings. The number of thiazole rings is 1. The molecule has 2 aromatic rings. The highest BCUT2D eigenvalue weighted by Crippen LogP contribution is 2.30. The summed E-state index contributed by atoms with van der Waals surface area (Å²) >= 11 is 3.30. The molecular weight excluding hydrogens is 362 g/mol. The Labute approximate surface area is 154 Å². The predicted octanol–water partition coefficient (Wildman–Crippen LogP) is 3.01. The van der Waals surface area contributed by atoms with E-state index in [4.69, 9.17) is 15.9 Å². The second-order valence-corrected chi connectivity index (χ2v) is 6.87. The van der Waals surface area contributed by atoms with Gasteiger partial charge in [0.25, 0.3) is 0 Å². The smallest absolute Gasteiger partial charge is 0.328 e. The molecule has 0 aliphatic carbocycles. The van der Waals surface area contributed by atoms with Crippen LogP contribution in [-0.4, -0.2) is 45.1 Å². The van der Waals surface area contributed by atoms with Gasteiger partial charge in [0, 0.05) is 29.0 Å². The van der Waals surface area contributed by atoms with Crippen LogP contribution in [0.1, 0.15) is 18.7 Å². The maximum Gasteiger partial charge on any atom is 0.328 e. The number of nitrogens with two attached hydrogens (primary N) is 1. The highest BCUT2D eigenvalue weighted by Gasteiger charge is 2.08. The van der Waals surface area contributed by atoms with E-state index in [0.29, 0.717) is 17.3 Å². The standard InChI is InChI=1S/C12H17N3S2.C4H4O4/c1-3-15(4-2)7-9-5-6-11(17-9)10-8-16-12(13)14-10;5-3(6)1-2-4(7)8/h5-6,8H,3-4,7H2,1-2H3,(H2,13,14);1-2H,(H,5,6)(H,7,8). The van der Waals surface area contributed by atoms with Crippen molar-refractivity contribution in [1.29, 1.82) is 0 Å². The Morgan fingerprint density at radius 1 is 1.20 bits per heavy atom. The van der Waals surface area contributed by atoms with Gasteiger partial charge in [-0.25, -0.2) is 14.6 Å². The summed E-state index contributed by atoms with van der Waals surface area (Å²) in [5.74, 6) is -2.51. The SMILES string of the molecule is CCN(CC)Cc1ccc(-c2csc(N)n2)s1.O=C(O)C=CC(=O)O. The lowest BCUT2D eigenvalue weighted by Gasteiger charge is -2.16. The van der Waals surface area contributed by atoms with Gasteiger partial charge in [-0.3, -0.25) is 4.90 Å². The summed E-state index contributed by atoms with van der Waals surface area (Å²) < 4.78 is 0. The molecule has 2 heterocycles. The lowest BCUT2D eigenvalue weighted by Crippen LogP contribution is -2.21. The van der Waals surface area contributed by atoms with Gasteiger partial charge in [-0.2, -0.15) is 0 Å². The first kappa shape index (κ1) is 20.8. The average molecular weight is 383 g/mol. The maximum absolute atomic E-state index is 9.55. The highest BCUT2D eigenvalue weighted by atomic mass is 32.1. The van der Waals surface area contributed by atoms with Gasteiger partial charge in [-0.1, -0.05) is 13.8 Å². The van der Waals surface area contributed by atoms with Crippen LogP contribution in [0.25, 0.3) is 10.6 Å². The normalized spacial score (nSPS) is 10.7. The van der Waals surface area contributed by atoms with E-state index in [-0.39, 0.29) is 0 Å². The number of nitrogens with zero attached hydrogens (tertiary/aromatic N) is 2. The maximum atomic E-state index is 9.55. The quantitative estimate of drug-likeness (QED) is 0.629. The molecule has 9 heteroatoms. The Bertz CT molecular complexity index is 705. The Morgan fingerprint density at radius 3 is 2.24 bits per heavy atom. The fraction of sp³-hybridized carbons (Fsp3) is 0.312. The largest absolute Gasteiger partial charge is 0.478 e. The Morgan fingerprint density at radius 2 is 1.80 bits per heavy atom. The summed E-state index contributed by atoms with van der Waals surface area (Å²) in [6.07, 6.45) is 1.12. The van der Waals surface area contributed by atoms with E-state index in [9.17, 15) is 9.59 Å². The number of carboxylic acids is 2. The average Bonchev–Trinajstić information content (AvgIpc) is 3.20. The first-order valence-electron chi connectivity index (χ1n) is 7.52. The molecule has 0 bridgehead atoms. The molecule has 0 amide bonds. The van der Waals surface area contributed by atoms with Crippen LogP contribution in [0, 0.1) is 0 Å². The summed E-state index contributed by atoms with van der Waals surface area (Å²) in [6, 6.07) is 4.33. The number of hydrogen-bond acceptors (Lipinski definition) is 7. The Hall–Kier alpha value is -2.23. The molecule has 0 unspecified atom stereocenters. The fourth-order valence-electron chi connectivity index (χ4n) is 1.81. The Kier molecular flexibility index (Phi) is 8.82. The number of carbonyl (C=O) groups is 2. The second kappa shape index (κ2) is 10.6. The molecule has 0 aliphatic rings. The first-order valence-corrected chi connectivity index (χ1v) is 9.21. The van der Waals surface area contributed by atoms with E-state index in [2.05, 4.69) is 35.9 Å². The first-order chi connectivity index (χ1) is 11.8. The minimum Gasteiger partial charge on any atom is -0.478 e. The highest BCUT2D eigenvalue weighted by molar-refractivity contribution is 7.16. The molecule has 2 aromatic heterocycles. The minimum atomic E-state index is -1.26. The van der Waals surface area contributed by atoms with Gasteiger partial charge < -0.3 is 15.9 Å². The number of aliphatic carboxylic acids is 2. The summed E-state index contributed by atoms with van der Waals surface area (Å²) in [4.78, 5) is 28.4. The molecular formula is C16H21N3O4S2. The van der Waals surface area contributed by atoms with Crippen LogP contribution >= 0.6 is 22.7 Å². The molecule has 0 saturated carbocycles. The van der Waals surface area contributed by atoms with Crippen LogP contribution in [0.15, 0.2) is 29.7 Å². The van der Waals surface area contributed by atoms with E-state index in [0.717, 1.165) is 25.3 Å². The van der Waals surface area contributed by atoms with Crippen molar-refractivity contribution in [2.24, 2.45) is 0 Å². The van der Waals surface area contributed by atoms with Crippen LogP contribution in [0.2, 0.25) is 0 Å².